The Labute approximate surface area is 177 Å². The lowest BCUT2D eigenvalue weighted by Crippen LogP contribution is -2.47. The first-order valence-corrected chi connectivity index (χ1v) is 9.95. The molecule has 0 unspecified atom stereocenters. The average molecular weight is 462 g/mol. The van der Waals surface area contributed by atoms with Crippen LogP contribution in [0.4, 0.5) is 5.69 Å². The fourth-order valence-electron chi connectivity index (χ4n) is 2.83. The number of ketones is 1. The van der Waals surface area contributed by atoms with Gasteiger partial charge in [-0.15, -0.1) is 0 Å². The highest BCUT2D eigenvalue weighted by Crippen LogP contribution is 2.27. The van der Waals surface area contributed by atoms with E-state index in [9.17, 15) is 14.4 Å². The number of anilines is 1. The molecule has 0 aliphatic rings. The van der Waals surface area contributed by atoms with E-state index < -0.39 is 24.4 Å². The largest absolute Gasteiger partial charge is 0.368 e. The third-order valence-corrected chi connectivity index (χ3v) is 4.75. The number of benzene rings is 1. The summed E-state index contributed by atoms with van der Waals surface area (Å²) in [5.74, 6) is -1.59. The summed E-state index contributed by atoms with van der Waals surface area (Å²) in [6.45, 7) is 0.106. The number of carbonyl (C=O) groups is 3. The number of nitrogens with two attached hydrogens (primary N) is 3. The average Bonchev–Trinajstić information content (AvgIpc) is 2.71. The third kappa shape index (κ3) is 6.18. The van der Waals surface area contributed by atoms with Crippen molar-refractivity contribution in [2.75, 3.05) is 18.0 Å². The molecule has 0 aliphatic heterocycles. The summed E-state index contributed by atoms with van der Waals surface area (Å²) in [5, 5.41) is 0. The molecule has 1 atom stereocenters. The predicted octanol–water partition coefficient (Wildman–Crippen LogP) is 1.35. The summed E-state index contributed by atoms with van der Waals surface area (Å²) in [6, 6.07) is 8.94. The highest BCUT2D eigenvalue weighted by Gasteiger charge is 2.28. The summed E-state index contributed by atoms with van der Waals surface area (Å²) >= 11 is 3.34. The second-order valence-electron chi connectivity index (χ2n) is 6.49. The topological polar surface area (TPSA) is 145 Å². The summed E-state index contributed by atoms with van der Waals surface area (Å²) in [6.07, 6.45) is 3.32. The Hall–Kier alpha value is -2.62. The minimum atomic E-state index is -0.845. The predicted molar refractivity (Wildman–Crippen MR) is 114 cm³/mol. The van der Waals surface area contributed by atoms with Crippen molar-refractivity contribution in [2.45, 2.75) is 25.3 Å². The number of hydrogen-bond acceptors (Lipinski definition) is 6. The number of unbranched alkanes of at least 4 members (excludes halogenated alkanes) is 1. The number of carbonyl (C=O) groups excluding carboxylic acids is 3. The van der Waals surface area contributed by atoms with Gasteiger partial charge in [0, 0.05) is 16.2 Å². The molecular formula is C20H24BrN5O3. The Bertz CT molecular complexity index is 876. The molecule has 1 heterocycles. The molecule has 0 aliphatic carbocycles. The van der Waals surface area contributed by atoms with Gasteiger partial charge in [0.05, 0.1) is 11.7 Å². The van der Waals surface area contributed by atoms with Crippen LogP contribution in [-0.4, -0.2) is 41.7 Å². The van der Waals surface area contributed by atoms with Gasteiger partial charge in [-0.3, -0.25) is 19.4 Å². The molecule has 8 nitrogen and oxygen atoms in total. The van der Waals surface area contributed by atoms with Crippen LogP contribution in [0.1, 0.15) is 35.3 Å². The molecule has 6 N–H and O–H groups in total. The zero-order chi connectivity index (χ0) is 21.4. The number of rotatable bonds is 10. The van der Waals surface area contributed by atoms with E-state index in [0.717, 1.165) is 11.3 Å². The highest BCUT2D eigenvalue weighted by atomic mass is 79.9. The summed E-state index contributed by atoms with van der Waals surface area (Å²) < 4.78 is 0.638. The Balaban J connectivity index is 2.44. The molecule has 9 heteroatoms. The number of nitrogens with zero attached hydrogens (tertiary/aromatic N) is 2. The van der Waals surface area contributed by atoms with Gasteiger partial charge >= 0.3 is 0 Å². The Morgan fingerprint density at radius 3 is 2.52 bits per heavy atom. The van der Waals surface area contributed by atoms with Gasteiger partial charge in [-0.1, -0.05) is 28.4 Å². The number of halogens is 1. The van der Waals surface area contributed by atoms with Crippen LogP contribution >= 0.6 is 15.9 Å². The monoisotopic (exact) mass is 461 g/mol. The molecular weight excluding hydrogens is 438 g/mol. The molecule has 2 amide bonds. The number of primary amides is 1. The second-order valence-corrected chi connectivity index (χ2v) is 7.40. The first-order chi connectivity index (χ1) is 13.8. The van der Waals surface area contributed by atoms with Crippen molar-refractivity contribution >= 4 is 39.2 Å². The van der Waals surface area contributed by atoms with Crippen LogP contribution in [0.3, 0.4) is 0 Å². The van der Waals surface area contributed by atoms with E-state index in [2.05, 4.69) is 20.9 Å². The molecule has 1 aromatic heterocycles. The summed E-state index contributed by atoms with van der Waals surface area (Å²) in [7, 11) is 0. The van der Waals surface area contributed by atoms with Crippen molar-refractivity contribution in [1.29, 1.82) is 0 Å². The maximum Gasteiger partial charge on any atom is 0.244 e. The Morgan fingerprint density at radius 2 is 1.90 bits per heavy atom. The van der Waals surface area contributed by atoms with Crippen LogP contribution in [0.5, 0.6) is 0 Å². The van der Waals surface area contributed by atoms with Gasteiger partial charge < -0.3 is 22.1 Å². The van der Waals surface area contributed by atoms with Crippen LogP contribution in [0.25, 0.3) is 0 Å². The standard InChI is InChI=1S/C20H24BrN5O3/c21-13-7-8-17(14(11-13)19(28)16-6-2-4-10-25-16)26(12-18(24)27)20(29)15(23)5-1-3-9-22/h2,4,6-8,10-11,15H,1,3,5,9,12,22-23H2,(H2,24,27)/t15-/m0/s1. The lowest BCUT2D eigenvalue weighted by atomic mass is 10.0. The van der Waals surface area contributed by atoms with E-state index in [4.69, 9.17) is 17.2 Å². The minimum Gasteiger partial charge on any atom is -0.368 e. The minimum absolute atomic E-state index is 0.210. The van der Waals surface area contributed by atoms with Gasteiger partial charge in [-0.2, -0.15) is 0 Å². The molecule has 0 fully saturated rings. The third-order valence-electron chi connectivity index (χ3n) is 4.26. The summed E-state index contributed by atoms with van der Waals surface area (Å²) in [5.41, 5.74) is 17.6. The van der Waals surface area contributed by atoms with E-state index in [1.807, 2.05) is 0 Å². The van der Waals surface area contributed by atoms with E-state index in [1.165, 1.54) is 6.20 Å². The van der Waals surface area contributed by atoms with E-state index in [0.29, 0.717) is 23.9 Å². The molecule has 29 heavy (non-hydrogen) atoms. The lowest BCUT2D eigenvalue weighted by Gasteiger charge is -2.26. The number of hydrogen-bond donors (Lipinski definition) is 3. The fourth-order valence-corrected chi connectivity index (χ4v) is 3.19. The van der Waals surface area contributed by atoms with Crippen molar-refractivity contribution < 1.29 is 14.4 Å². The Morgan fingerprint density at radius 1 is 1.14 bits per heavy atom. The normalized spacial score (nSPS) is 11.7. The maximum atomic E-state index is 13.0. The van der Waals surface area contributed by atoms with Crippen LogP contribution < -0.4 is 22.1 Å². The van der Waals surface area contributed by atoms with Gasteiger partial charge in [0.15, 0.2) is 0 Å². The smallest absolute Gasteiger partial charge is 0.244 e. The van der Waals surface area contributed by atoms with Crippen LogP contribution in [0.2, 0.25) is 0 Å². The molecule has 1 aromatic carbocycles. The zero-order valence-electron chi connectivity index (χ0n) is 15.9. The first kappa shape index (κ1) is 22.7. The highest BCUT2D eigenvalue weighted by molar-refractivity contribution is 9.10. The van der Waals surface area contributed by atoms with Crippen molar-refractivity contribution in [3.8, 4) is 0 Å². The molecule has 0 saturated heterocycles. The molecule has 2 aromatic rings. The number of pyridine rings is 1. The van der Waals surface area contributed by atoms with Gasteiger partial charge in [0.1, 0.15) is 12.2 Å². The quantitative estimate of drug-likeness (QED) is 0.359. The van der Waals surface area contributed by atoms with Gasteiger partial charge in [-0.05, 0) is 49.7 Å². The lowest BCUT2D eigenvalue weighted by molar-refractivity contribution is -0.123. The van der Waals surface area contributed by atoms with E-state index >= 15 is 0 Å². The summed E-state index contributed by atoms with van der Waals surface area (Å²) in [4.78, 5) is 42.9. The van der Waals surface area contributed by atoms with E-state index in [1.54, 1.807) is 36.4 Å². The van der Waals surface area contributed by atoms with Crippen molar-refractivity contribution in [3.05, 3.63) is 58.3 Å². The molecule has 0 spiro atoms. The maximum absolute atomic E-state index is 13.0. The molecule has 2 rings (SSSR count). The number of aromatic nitrogens is 1. The fraction of sp³-hybridized carbons (Fsp3) is 0.300. The van der Waals surface area contributed by atoms with Gasteiger partial charge in [0.25, 0.3) is 0 Å². The van der Waals surface area contributed by atoms with Crippen molar-refractivity contribution in [2.24, 2.45) is 17.2 Å². The SMILES string of the molecule is NCCCC[C@H](N)C(=O)N(CC(N)=O)c1ccc(Br)cc1C(=O)c1ccccn1. The van der Waals surface area contributed by atoms with Crippen LogP contribution in [0, 0.1) is 0 Å². The van der Waals surface area contributed by atoms with E-state index in [-0.39, 0.29) is 22.7 Å². The van der Waals surface area contributed by atoms with Gasteiger partial charge in [0.2, 0.25) is 17.6 Å². The Kier molecular flexibility index (Phi) is 8.44. The first-order valence-electron chi connectivity index (χ1n) is 9.15. The second kappa shape index (κ2) is 10.8. The van der Waals surface area contributed by atoms with Crippen LogP contribution in [-0.2, 0) is 9.59 Å². The van der Waals surface area contributed by atoms with Gasteiger partial charge in [-0.25, -0.2) is 0 Å². The molecule has 0 saturated carbocycles. The molecule has 0 radical (unpaired) electrons. The van der Waals surface area contributed by atoms with Crippen molar-refractivity contribution in [3.63, 3.8) is 0 Å². The molecule has 154 valence electrons. The number of amides is 2. The van der Waals surface area contributed by atoms with Crippen LogP contribution in [0.15, 0.2) is 47.1 Å². The molecule has 0 bridgehead atoms. The zero-order valence-corrected chi connectivity index (χ0v) is 17.5. The van der Waals surface area contributed by atoms with Crippen molar-refractivity contribution in [1.82, 2.24) is 4.98 Å².